The van der Waals surface area contributed by atoms with E-state index in [9.17, 15) is 9.59 Å². The van der Waals surface area contributed by atoms with Gasteiger partial charge >= 0.3 is 0 Å². The van der Waals surface area contributed by atoms with Crippen LogP contribution in [0.1, 0.15) is 43.1 Å². The molecule has 0 saturated carbocycles. The molecule has 0 aliphatic rings. The lowest BCUT2D eigenvalue weighted by atomic mass is 9.77. The summed E-state index contributed by atoms with van der Waals surface area (Å²) in [5, 5.41) is 13.3. The summed E-state index contributed by atoms with van der Waals surface area (Å²) in [6.45, 7) is 0.461. The molecule has 0 saturated heterocycles. The Balaban J connectivity index is 1.33. The zero-order chi connectivity index (χ0) is 30.6. The molecule has 0 aliphatic carbocycles. The number of anilines is 1. The lowest BCUT2D eigenvalue weighted by Crippen LogP contribution is -2.38. The van der Waals surface area contributed by atoms with Crippen molar-refractivity contribution in [2.24, 2.45) is 0 Å². The number of aldehydes is 1. The van der Waals surface area contributed by atoms with Gasteiger partial charge in [0.15, 0.2) is 5.69 Å². The number of nitrogens with zero attached hydrogens (tertiary/aromatic N) is 4. The van der Waals surface area contributed by atoms with Crippen molar-refractivity contribution >= 4 is 28.8 Å². The highest BCUT2D eigenvalue weighted by molar-refractivity contribution is 6.11. The first kappa shape index (κ1) is 27.7. The van der Waals surface area contributed by atoms with Crippen LogP contribution in [0.4, 0.5) is 5.69 Å². The van der Waals surface area contributed by atoms with Crippen molar-refractivity contribution in [3.05, 3.63) is 185 Å². The molecule has 0 bridgehead atoms. The summed E-state index contributed by atoms with van der Waals surface area (Å²) in [5.41, 5.74) is 5.40. The number of hydrogen-bond donors (Lipinski definition) is 1. The van der Waals surface area contributed by atoms with Gasteiger partial charge in [-0.15, -0.1) is 0 Å². The van der Waals surface area contributed by atoms with Crippen LogP contribution >= 0.6 is 0 Å². The molecule has 0 radical (unpaired) electrons. The fourth-order valence-electron chi connectivity index (χ4n) is 6.05. The maximum atomic E-state index is 14.0. The predicted molar refractivity (Wildman–Crippen MR) is 175 cm³/mol. The number of hydrogen-bond acceptors (Lipinski definition) is 4. The van der Waals surface area contributed by atoms with E-state index < -0.39 is 5.54 Å². The fraction of sp³-hybridized carbons (Fsp3) is 0.0526. The quantitative estimate of drug-likeness (QED) is 0.143. The molecule has 2 heterocycles. The average molecular weight is 588 g/mol. The number of fused-ring (bicyclic) bond motifs is 1. The monoisotopic (exact) mass is 587 g/mol. The zero-order valence-corrected chi connectivity index (χ0v) is 24.3. The van der Waals surface area contributed by atoms with Gasteiger partial charge in [-0.1, -0.05) is 127 Å². The Morgan fingerprint density at radius 2 is 1.33 bits per heavy atom. The second kappa shape index (κ2) is 11.9. The molecule has 0 aliphatic heterocycles. The summed E-state index contributed by atoms with van der Waals surface area (Å²) in [7, 11) is 0. The van der Waals surface area contributed by atoms with Crippen LogP contribution in [0, 0.1) is 0 Å². The highest BCUT2D eigenvalue weighted by atomic mass is 16.2. The largest absolute Gasteiger partial charge is 0.318 e. The summed E-state index contributed by atoms with van der Waals surface area (Å²) >= 11 is 0. The number of para-hydroxylation sites is 1. The molecule has 1 amide bonds. The Hall–Kier alpha value is -6.08. The molecule has 0 atom stereocenters. The Bertz CT molecular complexity index is 2000. The standard InChI is InChI=1S/C38H29N5O2/c44-27-29-14-12-13-28(23-29)25-42-26-33(24-39-42)40-37(45)36-34-21-10-11-22-35(34)43(41-36)38(30-15-4-1-5-16-30,31-17-6-2-7-18-31)32-19-8-3-9-20-32/h1-24,26-27H,25H2,(H,40,45). The average Bonchev–Trinajstić information content (AvgIpc) is 3.71. The van der Waals surface area contributed by atoms with Crippen LogP contribution < -0.4 is 5.32 Å². The molecule has 0 unspecified atom stereocenters. The van der Waals surface area contributed by atoms with Crippen LogP contribution in [0.3, 0.4) is 0 Å². The fourth-order valence-corrected chi connectivity index (χ4v) is 6.05. The Morgan fingerprint density at radius 3 is 1.96 bits per heavy atom. The van der Waals surface area contributed by atoms with Gasteiger partial charge in [0.2, 0.25) is 0 Å². The Kier molecular flexibility index (Phi) is 7.33. The number of benzene rings is 5. The maximum Gasteiger partial charge on any atom is 0.276 e. The van der Waals surface area contributed by atoms with E-state index in [1.165, 1.54) is 0 Å². The van der Waals surface area contributed by atoms with Gasteiger partial charge in [0.1, 0.15) is 11.8 Å². The molecule has 7 nitrogen and oxygen atoms in total. The van der Waals surface area contributed by atoms with Gasteiger partial charge in [0.05, 0.1) is 23.9 Å². The number of carbonyl (C=O) groups is 2. The third kappa shape index (κ3) is 5.10. The van der Waals surface area contributed by atoms with E-state index in [1.807, 2.05) is 102 Å². The van der Waals surface area contributed by atoms with Gasteiger partial charge in [-0.3, -0.25) is 14.3 Å². The SMILES string of the molecule is O=Cc1cccc(Cn2cc(NC(=O)c3nn(C(c4ccccc4)(c4ccccc4)c4ccccc4)c4ccccc34)cn2)c1. The zero-order valence-electron chi connectivity index (χ0n) is 24.3. The molecular weight excluding hydrogens is 558 g/mol. The summed E-state index contributed by atoms with van der Waals surface area (Å²) in [6.07, 6.45) is 4.21. The normalized spacial score (nSPS) is 11.4. The Morgan fingerprint density at radius 1 is 0.733 bits per heavy atom. The molecule has 5 aromatic carbocycles. The van der Waals surface area contributed by atoms with Crippen LogP contribution in [-0.4, -0.2) is 31.8 Å². The van der Waals surface area contributed by atoms with Crippen molar-refractivity contribution in [2.75, 3.05) is 5.32 Å². The van der Waals surface area contributed by atoms with Gasteiger partial charge in [-0.05, 0) is 34.4 Å². The summed E-state index contributed by atoms with van der Waals surface area (Å²) in [5.74, 6) is -0.337. The number of aromatic nitrogens is 4. The first-order valence-corrected chi connectivity index (χ1v) is 14.7. The van der Waals surface area contributed by atoms with Crippen LogP contribution in [0.2, 0.25) is 0 Å². The second-order valence-corrected chi connectivity index (χ2v) is 10.8. The van der Waals surface area contributed by atoms with Crippen molar-refractivity contribution in [1.82, 2.24) is 19.6 Å². The van der Waals surface area contributed by atoms with Crippen molar-refractivity contribution in [1.29, 1.82) is 0 Å². The van der Waals surface area contributed by atoms with Crippen molar-refractivity contribution in [2.45, 2.75) is 12.1 Å². The molecule has 7 aromatic rings. The molecule has 218 valence electrons. The Labute approximate surface area is 260 Å². The van der Waals surface area contributed by atoms with E-state index in [4.69, 9.17) is 5.10 Å². The van der Waals surface area contributed by atoms with Crippen molar-refractivity contribution < 1.29 is 9.59 Å². The van der Waals surface area contributed by atoms with E-state index in [0.717, 1.165) is 39.4 Å². The smallest absolute Gasteiger partial charge is 0.276 e. The van der Waals surface area contributed by atoms with E-state index >= 15 is 0 Å². The van der Waals surface area contributed by atoms with Crippen molar-refractivity contribution in [3.63, 3.8) is 0 Å². The first-order valence-electron chi connectivity index (χ1n) is 14.7. The van der Waals surface area contributed by atoms with Crippen LogP contribution in [0.25, 0.3) is 10.9 Å². The van der Waals surface area contributed by atoms with Crippen molar-refractivity contribution in [3.8, 4) is 0 Å². The lowest BCUT2D eigenvalue weighted by molar-refractivity contribution is 0.102. The van der Waals surface area contributed by atoms with Gasteiger partial charge < -0.3 is 5.32 Å². The minimum Gasteiger partial charge on any atom is -0.318 e. The molecular formula is C38H29N5O2. The van der Waals surface area contributed by atoms with Gasteiger partial charge in [-0.25, -0.2) is 4.68 Å². The second-order valence-electron chi connectivity index (χ2n) is 10.8. The number of nitrogens with one attached hydrogen (secondary N) is 1. The lowest BCUT2D eigenvalue weighted by Gasteiger charge is -2.37. The van der Waals surface area contributed by atoms with Gasteiger partial charge in [0.25, 0.3) is 5.91 Å². The number of amides is 1. The van der Waals surface area contributed by atoms with E-state index in [2.05, 4.69) is 46.8 Å². The summed E-state index contributed by atoms with van der Waals surface area (Å²) in [6, 6.07) is 46.0. The van der Waals surface area contributed by atoms with E-state index in [0.29, 0.717) is 23.5 Å². The third-order valence-electron chi connectivity index (χ3n) is 8.02. The molecule has 0 fully saturated rings. The van der Waals surface area contributed by atoms with Gasteiger partial charge in [-0.2, -0.15) is 10.2 Å². The molecule has 2 aromatic heterocycles. The molecule has 0 spiro atoms. The number of carbonyl (C=O) groups excluding carboxylic acids is 2. The van der Waals surface area contributed by atoms with E-state index in [1.54, 1.807) is 23.1 Å². The molecule has 7 rings (SSSR count). The highest BCUT2D eigenvalue weighted by Gasteiger charge is 2.41. The summed E-state index contributed by atoms with van der Waals surface area (Å²) in [4.78, 5) is 25.2. The van der Waals surface area contributed by atoms with E-state index in [-0.39, 0.29) is 5.91 Å². The highest BCUT2D eigenvalue weighted by Crippen LogP contribution is 2.42. The minimum absolute atomic E-state index is 0.309. The van der Waals surface area contributed by atoms with Gasteiger partial charge in [0, 0.05) is 17.1 Å². The predicted octanol–water partition coefficient (Wildman–Crippen LogP) is 7.19. The number of rotatable bonds is 9. The minimum atomic E-state index is -0.872. The third-order valence-corrected chi connectivity index (χ3v) is 8.02. The molecule has 45 heavy (non-hydrogen) atoms. The maximum absolute atomic E-state index is 14.0. The van der Waals surface area contributed by atoms with Crippen LogP contribution in [-0.2, 0) is 12.1 Å². The molecule has 1 N–H and O–H groups in total. The summed E-state index contributed by atoms with van der Waals surface area (Å²) < 4.78 is 3.71. The first-order chi connectivity index (χ1) is 22.2. The van der Waals surface area contributed by atoms with Crippen LogP contribution in [0.5, 0.6) is 0 Å². The molecule has 7 heteroatoms. The topological polar surface area (TPSA) is 81.8 Å². The van der Waals surface area contributed by atoms with Crippen LogP contribution in [0.15, 0.2) is 152 Å².